The SMILES string of the molecule is CC(F)(F)Cc1ccc(S(C)(=O)=O)cc1. The Morgan fingerprint density at radius 1 is 1.20 bits per heavy atom. The molecule has 0 fully saturated rings. The van der Waals surface area contributed by atoms with Gasteiger partial charge in [-0.3, -0.25) is 0 Å². The van der Waals surface area contributed by atoms with Gasteiger partial charge in [-0.1, -0.05) is 12.1 Å². The van der Waals surface area contributed by atoms with Crippen molar-refractivity contribution in [2.75, 3.05) is 6.26 Å². The number of hydrogen-bond donors (Lipinski definition) is 0. The number of halogens is 2. The van der Waals surface area contributed by atoms with Crippen molar-refractivity contribution in [2.24, 2.45) is 0 Å². The van der Waals surface area contributed by atoms with Gasteiger partial charge in [0.05, 0.1) is 4.90 Å². The highest BCUT2D eigenvalue weighted by Crippen LogP contribution is 2.20. The lowest BCUT2D eigenvalue weighted by Crippen LogP contribution is -2.13. The average Bonchev–Trinajstić information content (AvgIpc) is 2.00. The van der Waals surface area contributed by atoms with E-state index in [1.165, 1.54) is 24.3 Å². The molecule has 1 aromatic rings. The van der Waals surface area contributed by atoms with Crippen molar-refractivity contribution >= 4 is 9.84 Å². The number of alkyl halides is 2. The van der Waals surface area contributed by atoms with Crippen molar-refractivity contribution < 1.29 is 17.2 Å². The van der Waals surface area contributed by atoms with Crippen LogP contribution in [0.3, 0.4) is 0 Å². The van der Waals surface area contributed by atoms with Gasteiger partial charge in [-0.25, -0.2) is 17.2 Å². The second kappa shape index (κ2) is 3.89. The number of benzene rings is 1. The summed E-state index contributed by atoms with van der Waals surface area (Å²) in [6.45, 7) is 0.831. The van der Waals surface area contributed by atoms with Crippen LogP contribution < -0.4 is 0 Å². The molecule has 0 amide bonds. The summed E-state index contributed by atoms with van der Waals surface area (Å²) in [6, 6.07) is 5.51. The van der Waals surface area contributed by atoms with Crippen LogP contribution in [0.25, 0.3) is 0 Å². The molecule has 2 nitrogen and oxygen atoms in total. The Labute approximate surface area is 87.8 Å². The Bertz CT molecular complexity index is 429. The van der Waals surface area contributed by atoms with Crippen molar-refractivity contribution in [3.8, 4) is 0 Å². The second-order valence-electron chi connectivity index (χ2n) is 3.66. The van der Waals surface area contributed by atoms with Crippen LogP contribution in [-0.2, 0) is 16.3 Å². The average molecular weight is 234 g/mol. The van der Waals surface area contributed by atoms with Crippen molar-refractivity contribution in [1.82, 2.24) is 0 Å². The number of rotatable bonds is 3. The van der Waals surface area contributed by atoms with Crippen LogP contribution in [0.4, 0.5) is 8.78 Å². The van der Waals surface area contributed by atoms with Gasteiger partial charge in [0.15, 0.2) is 9.84 Å². The van der Waals surface area contributed by atoms with Crippen LogP contribution in [0.1, 0.15) is 12.5 Å². The van der Waals surface area contributed by atoms with Crippen molar-refractivity contribution in [1.29, 1.82) is 0 Å². The van der Waals surface area contributed by atoms with Crippen molar-refractivity contribution in [2.45, 2.75) is 24.2 Å². The summed E-state index contributed by atoms with van der Waals surface area (Å²) >= 11 is 0. The van der Waals surface area contributed by atoms with Crippen LogP contribution in [0.2, 0.25) is 0 Å². The molecule has 0 aromatic heterocycles. The lowest BCUT2D eigenvalue weighted by atomic mass is 10.1. The molecule has 0 aliphatic carbocycles. The molecule has 0 unspecified atom stereocenters. The summed E-state index contributed by atoms with van der Waals surface area (Å²) in [5.41, 5.74) is 0.426. The molecular weight excluding hydrogens is 222 g/mol. The second-order valence-corrected chi connectivity index (χ2v) is 5.68. The molecule has 0 radical (unpaired) electrons. The smallest absolute Gasteiger partial charge is 0.224 e. The highest BCUT2D eigenvalue weighted by atomic mass is 32.2. The third-order valence-corrected chi connectivity index (χ3v) is 2.99. The fourth-order valence-corrected chi connectivity index (χ4v) is 1.84. The Balaban J connectivity index is 2.92. The van der Waals surface area contributed by atoms with Crippen LogP contribution in [0.5, 0.6) is 0 Å². The zero-order valence-electron chi connectivity index (χ0n) is 8.50. The molecule has 5 heteroatoms. The minimum Gasteiger partial charge on any atom is -0.224 e. The minimum atomic E-state index is -3.25. The summed E-state index contributed by atoms with van der Waals surface area (Å²) in [4.78, 5) is 0.144. The van der Waals surface area contributed by atoms with E-state index in [0.717, 1.165) is 13.2 Å². The Morgan fingerprint density at radius 2 is 1.67 bits per heavy atom. The first-order valence-electron chi connectivity index (χ1n) is 4.35. The normalized spacial score (nSPS) is 12.8. The fraction of sp³-hybridized carbons (Fsp3) is 0.400. The zero-order valence-corrected chi connectivity index (χ0v) is 9.31. The molecule has 0 bridgehead atoms. The van der Waals surface area contributed by atoms with Gasteiger partial charge in [0.2, 0.25) is 5.92 Å². The van der Waals surface area contributed by atoms with Gasteiger partial charge in [0.25, 0.3) is 0 Å². The molecule has 0 aliphatic heterocycles. The van der Waals surface area contributed by atoms with Gasteiger partial charge in [-0.2, -0.15) is 0 Å². The Hall–Kier alpha value is -0.970. The molecule has 1 rings (SSSR count). The molecule has 0 spiro atoms. The van der Waals surface area contributed by atoms with E-state index in [4.69, 9.17) is 0 Å². The largest absolute Gasteiger partial charge is 0.249 e. The van der Waals surface area contributed by atoms with Gasteiger partial charge in [0, 0.05) is 12.7 Å². The first kappa shape index (κ1) is 12.1. The summed E-state index contributed by atoms with van der Waals surface area (Å²) in [5, 5.41) is 0. The van der Waals surface area contributed by atoms with E-state index >= 15 is 0 Å². The first-order chi connectivity index (χ1) is 6.68. The van der Waals surface area contributed by atoms with E-state index in [-0.39, 0.29) is 11.3 Å². The minimum absolute atomic E-state index is 0.144. The molecule has 15 heavy (non-hydrogen) atoms. The summed E-state index contributed by atoms with van der Waals surface area (Å²) < 4.78 is 47.4. The fourth-order valence-electron chi connectivity index (χ4n) is 1.21. The maximum Gasteiger partial charge on any atom is 0.249 e. The van der Waals surface area contributed by atoms with E-state index < -0.39 is 15.8 Å². The monoisotopic (exact) mass is 234 g/mol. The molecule has 0 saturated heterocycles. The lowest BCUT2D eigenvalue weighted by molar-refractivity contribution is 0.0226. The summed E-state index contributed by atoms with van der Waals surface area (Å²) in [7, 11) is -3.25. The van der Waals surface area contributed by atoms with E-state index in [9.17, 15) is 17.2 Å². The van der Waals surface area contributed by atoms with Crippen LogP contribution in [0.15, 0.2) is 29.2 Å². The van der Waals surface area contributed by atoms with Gasteiger partial charge < -0.3 is 0 Å². The third-order valence-electron chi connectivity index (χ3n) is 1.87. The van der Waals surface area contributed by atoms with Gasteiger partial charge >= 0.3 is 0 Å². The highest BCUT2D eigenvalue weighted by molar-refractivity contribution is 7.90. The van der Waals surface area contributed by atoms with E-state index in [0.29, 0.717) is 5.56 Å². The molecule has 0 aliphatic rings. The van der Waals surface area contributed by atoms with Crippen LogP contribution in [-0.4, -0.2) is 20.6 Å². The summed E-state index contributed by atoms with van der Waals surface area (Å²) in [5.74, 6) is -2.77. The van der Waals surface area contributed by atoms with Crippen LogP contribution in [0, 0.1) is 0 Å². The van der Waals surface area contributed by atoms with Gasteiger partial charge in [-0.15, -0.1) is 0 Å². The molecule has 0 N–H and O–H groups in total. The van der Waals surface area contributed by atoms with Gasteiger partial charge in [-0.05, 0) is 24.6 Å². The van der Waals surface area contributed by atoms with Crippen LogP contribution >= 0.6 is 0 Å². The predicted octanol–water partition coefficient (Wildman–Crippen LogP) is 2.29. The lowest BCUT2D eigenvalue weighted by Gasteiger charge is -2.09. The highest BCUT2D eigenvalue weighted by Gasteiger charge is 2.21. The first-order valence-corrected chi connectivity index (χ1v) is 6.24. The Kier molecular flexibility index (Phi) is 3.13. The molecule has 1 aromatic carbocycles. The summed E-state index contributed by atoms with van der Waals surface area (Å²) in [6.07, 6.45) is 0.702. The zero-order chi connectivity index (χ0) is 11.7. The maximum atomic E-state index is 12.6. The maximum absolute atomic E-state index is 12.6. The topological polar surface area (TPSA) is 34.1 Å². The molecular formula is C10H12F2O2S. The van der Waals surface area contributed by atoms with Crippen molar-refractivity contribution in [3.05, 3.63) is 29.8 Å². The Morgan fingerprint density at radius 3 is 2.00 bits per heavy atom. The van der Waals surface area contributed by atoms with Crippen molar-refractivity contribution in [3.63, 3.8) is 0 Å². The van der Waals surface area contributed by atoms with Gasteiger partial charge in [0.1, 0.15) is 0 Å². The quantitative estimate of drug-likeness (QED) is 0.804. The third kappa shape index (κ3) is 3.95. The molecule has 0 atom stereocenters. The van der Waals surface area contributed by atoms with E-state index in [1.807, 2.05) is 0 Å². The predicted molar refractivity (Wildman–Crippen MR) is 53.9 cm³/mol. The molecule has 0 saturated carbocycles. The van der Waals surface area contributed by atoms with E-state index in [2.05, 4.69) is 0 Å². The standard InChI is InChI=1S/C10H12F2O2S/c1-10(11,12)7-8-3-5-9(6-4-8)15(2,13)14/h3-6H,7H2,1-2H3. The molecule has 84 valence electrons. The van der Waals surface area contributed by atoms with E-state index in [1.54, 1.807) is 0 Å². The number of hydrogen-bond acceptors (Lipinski definition) is 2. The molecule has 0 heterocycles. The number of sulfone groups is 1.